The lowest BCUT2D eigenvalue weighted by Crippen LogP contribution is -2.08. The van der Waals surface area contributed by atoms with Gasteiger partial charge in [-0.25, -0.2) is 0 Å². The summed E-state index contributed by atoms with van der Waals surface area (Å²) in [5.41, 5.74) is 8.05. The van der Waals surface area contributed by atoms with Gasteiger partial charge < -0.3 is 10.8 Å². The Bertz CT molecular complexity index is 537. The van der Waals surface area contributed by atoms with Crippen LogP contribution >= 0.6 is 12.2 Å². The number of benzene rings is 2. The number of phenols is 1. The zero-order valence-corrected chi connectivity index (χ0v) is 9.37. The third-order valence-electron chi connectivity index (χ3n) is 2.36. The first-order valence-electron chi connectivity index (χ1n) is 4.87. The molecule has 0 fully saturated rings. The van der Waals surface area contributed by atoms with Crippen molar-refractivity contribution in [1.29, 1.82) is 0 Å². The van der Waals surface area contributed by atoms with Crippen LogP contribution in [0, 0.1) is 0 Å². The van der Waals surface area contributed by atoms with Crippen LogP contribution in [-0.2, 0) is 0 Å². The molecule has 0 aliphatic heterocycles. The van der Waals surface area contributed by atoms with Gasteiger partial charge >= 0.3 is 0 Å². The number of phenolic OH excluding ortho intramolecular Hbond substituents is 1. The lowest BCUT2D eigenvalue weighted by molar-refractivity contribution is 0.477. The van der Waals surface area contributed by atoms with E-state index in [4.69, 9.17) is 18.0 Å². The molecule has 0 unspecified atom stereocenters. The average molecular weight is 229 g/mol. The number of hydrogen-bond acceptors (Lipinski definition) is 2. The summed E-state index contributed by atoms with van der Waals surface area (Å²) in [6.45, 7) is 0. The van der Waals surface area contributed by atoms with E-state index in [0.29, 0.717) is 4.99 Å². The molecule has 0 aliphatic carbocycles. The summed E-state index contributed by atoms with van der Waals surface area (Å²) in [6.07, 6.45) is 0. The number of aromatic hydroxyl groups is 1. The molecule has 2 aromatic carbocycles. The van der Waals surface area contributed by atoms with E-state index in [-0.39, 0.29) is 5.75 Å². The van der Waals surface area contributed by atoms with Crippen LogP contribution in [0.3, 0.4) is 0 Å². The third kappa shape index (κ3) is 2.04. The molecule has 0 spiro atoms. The van der Waals surface area contributed by atoms with Crippen LogP contribution in [0.25, 0.3) is 11.1 Å². The van der Waals surface area contributed by atoms with Crippen LogP contribution in [0.2, 0.25) is 0 Å². The number of hydrogen-bond donors (Lipinski definition) is 2. The van der Waals surface area contributed by atoms with Crippen molar-refractivity contribution >= 4 is 17.2 Å². The third-order valence-corrected chi connectivity index (χ3v) is 2.60. The highest BCUT2D eigenvalue weighted by atomic mass is 32.1. The fraction of sp³-hybridized carbons (Fsp3) is 0. The quantitative estimate of drug-likeness (QED) is 0.778. The van der Waals surface area contributed by atoms with Crippen LogP contribution in [0.5, 0.6) is 5.75 Å². The molecule has 3 heteroatoms. The van der Waals surface area contributed by atoms with Crippen LogP contribution in [0.1, 0.15) is 5.56 Å². The Kier molecular flexibility index (Phi) is 2.88. The zero-order valence-electron chi connectivity index (χ0n) is 8.55. The predicted molar refractivity (Wildman–Crippen MR) is 69.4 cm³/mol. The Hall–Kier alpha value is -1.87. The Balaban J connectivity index is 2.53. The highest BCUT2D eigenvalue weighted by molar-refractivity contribution is 7.80. The van der Waals surface area contributed by atoms with E-state index in [0.717, 1.165) is 16.7 Å². The molecule has 0 saturated carbocycles. The monoisotopic (exact) mass is 229 g/mol. The van der Waals surface area contributed by atoms with Crippen molar-refractivity contribution in [2.24, 2.45) is 5.73 Å². The molecule has 2 nitrogen and oxygen atoms in total. The van der Waals surface area contributed by atoms with Gasteiger partial charge in [0.1, 0.15) is 10.7 Å². The number of para-hydroxylation sites is 1. The SMILES string of the molecule is NC(=S)c1cccc(-c2ccccc2O)c1. The van der Waals surface area contributed by atoms with Gasteiger partial charge in [-0.3, -0.25) is 0 Å². The molecular weight excluding hydrogens is 218 g/mol. The van der Waals surface area contributed by atoms with Gasteiger partial charge in [0.25, 0.3) is 0 Å². The van der Waals surface area contributed by atoms with Gasteiger partial charge in [-0.15, -0.1) is 0 Å². The molecule has 0 aliphatic rings. The summed E-state index contributed by atoms with van der Waals surface area (Å²) in [5.74, 6) is 0.252. The van der Waals surface area contributed by atoms with E-state index < -0.39 is 0 Å². The smallest absolute Gasteiger partial charge is 0.123 e. The summed E-state index contributed by atoms with van der Waals surface area (Å²) in [4.78, 5) is 0.359. The first-order chi connectivity index (χ1) is 7.68. The van der Waals surface area contributed by atoms with E-state index >= 15 is 0 Å². The molecule has 0 aromatic heterocycles. The van der Waals surface area contributed by atoms with Crippen LogP contribution in [0.15, 0.2) is 48.5 Å². The minimum Gasteiger partial charge on any atom is -0.507 e. The number of rotatable bonds is 2. The predicted octanol–water partition coefficient (Wildman–Crippen LogP) is 2.69. The van der Waals surface area contributed by atoms with Crippen molar-refractivity contribution < 1.29 is 5.11 Å². The van der Waals surface area contributed by atoms with Crippen LogP contribution < -0.4 is 5.73 Å². The minimum absolute atomic E-state index is 0.252. The molecule has 16 heavy (non-hydrogen) atoms. The van der Waals surface area contributed by atoms with Crippen molar-refractivity contribution in [2.45, 2.75) is 0 Å². The summed E-state index contributed by atoms with van der Waals surface area (Å²) in [5, 5.41) is 9.73. The maximum atomic E-state index is 9.73. The highest BCUT2D eigenvalue weighted by Crippen LogP contribution is 2.28. The summed E-state index contributed by atoms with van der Waals surface area (Å²) < 4.78 is 0. The maximum absolute atomic E-state index is 9.73. The summed E-state index contributed by atoms with van der Waals surface area (Å²) in [6, 6.07) is 14.7. The Morgan fingerprint density at radius 3 is 2.50 bits per heavy atom. The van der Waals surface area contributed by atoms with E-state index in [2.05, 4.69) is 0 Å². The fourth-order valence-corrected chi connectivity index (χ4v) is 1.68. The largest absolute Gasteiger partial charge is 0.507 e. The molecule has 2 aromatic rings. The fourth-order valence-electron chi connectivity index (χ4n) is 1.56. The van der Waals surface area contributed by atoms with Crippen LogP contribution in [0.4, 0.5) is 0 Å². The van der Waals surface area contributed by atoms with E-state index in [1.165, 1.54) is 0 Å². The van der Waals surface area contributed by atoms with Gasteiger partial charge in [-0.2, -0.15) is 0 Å². The molecule has 0 radical (unpaired) electrons. The van der Waals surface area contributed by atoms with Gasteiger partial charge in [0.05, 0.1) is 0 Å². The average Bonchev–Trinajstić information content (AvgIpc) is 2.30. The molecule has 0 heterocycles. The van der Waals surface area contributed by atoms with Crippen molar-refractivity contribution in [3.05, 3.63) is 54.1 Å². The van der Waals surface area contributed by atoms with Gasteiger partial charge in [-0.1, -0.05) is 48.6 Å². The Morgan fingerprint density at radius 2 is 1.81 bits per heavy atom. The Labute approximate surface area is 99.3 Å². The zero-order chi connectivity index (χ0) is 11.5. The van der Waals surface area contributed by atoms with Crippen LogP contribution in [-0.4, -0.2) is 10.1 Å². The van der Waals surface area contributed by atoms with Crippen molar-refractivity contribution in [3.63, 3.8) is 0 Å². The second-order valence-corrected chi connectivity index (χ2v) is 3.90. The Morgan fingerprint density at radius 1 is 1.06 bits per heavy atom. The second kappa shape index (κ2) is 4.33. The molecule has 0 bridgehead atoms. The lowest BCUT2D eigenvalue weighted by atomic mass is 10.0. The first-order valence-corrected chi connectivity index (χ1v) is 5.27. The van der Waals surface area contributed by atoms with E-state index in [9.17, 15) is 5.11 Å². The van der Waals surface area contributed by atoms with Gasteiger partial charge in [-0.05, 0) is 17.7 Å². The number of nitrogens with two attached hydrogens (primary N) is 1. The van der Waals surface area contributed by atoms with Crippen molar-refractivity contribution in [3.8, 4) is 16.9 Å². The molecule has 3 N–H and O–H groups in total. The van der Waals surface area contributed by atoms with Crippen molar-refractivity contribution in [1.82, 2.24) is 0 Å². The topological polar surface area (TPSA) is 46.2 Å². The molecule has 2 rings (SSSR count). The number of thiocarbonyl (C=S) groups is 1. The highest BCUT2D eigenvalue weighted by Gasteiger charge is 2.04. The van der Waals surface area contributed by atoms with Gasteiger partial charge in [0.2, 0.25) is 0 Å². The van der Waals surface area contributed by atoms with E-state index in [1.807, 2.05) is 36.4 Å². The molecule has 0 amide bonds. The maximum Gasteiger partial charge on any atom is 0.123 e. The molecule has 0 saturated heterocycles. The standard InChI is InChI=1S/C13H11NOS/c14-13(16)10-5-3-4-9(8-10)11-6-1-2-7-12(11)15/h1-8,15H,(H2,14,16). The van der Waals surface area contributed by atoms with E-state index in [1.54, 1.807) is 12.1 Å². The van der Waals surface area contributed by atoms with Crippen molar-refractivity contribution in [2.75, 3.05) is 0 Å². The summed E-state index contributed by atoms with van der Waals surface area (Å²) >= 11 is 4.92. The minimum atomic E-state index is 0.252. The van der Waals surface area contributed by atoms with Gasteiger partial charge in [0.15, 0.2) is 0 Å². The molecule has 80 valence electrons. The molecule has 0 atom stereocenters. The summed E-state index contributed by atoms with van der Waals surface area (Å²) in [7, 11) is 0. The second-order valence-electron chi connectivity index (χ2n) is 3.46. The first kappa shape index (κ1) is 10.6. The molecular formula is C13H11NOS. The normalized spacial score (nSPS) is 10.0. The van der Waals surface area contributed by atoms with Gasteiger partial charge in [0, 0.05) is 11.1 Å². The lowest BCUT2D eigenvalue weighted by Gasteiger charge is -2.06.